The van der Waals surface area contributed by atoms with Crippen molar-refractivity contribution < 1.29 is 15.0 Å². The van der Waals surface area contributed by atoms with Gasteiger partial charge in [-0.25, -0.2) is 0 Å². The van der Waals surface area contributed by atoms with E-state index in [2.05, 4.69) is 55.6 Å². The highest BCUT2D eigenvalue weighted by molar-refractivity contribution is 5.76. The molecule has 0 aromatic heterocycles. The van der Waals surface area contributed by atoms with E-state index < -0.39 is 12.1 Å². The number of aliphatic hydroxyl groups is 2. The predicted molar refractivity (Wildman–Crippen MR) is 290 cm³/mol. The molecule has 3 N–H and O–H groups in total. The third-order valence-electron chi connectivity index (χ3n) is 13.5. The number of nitrogens with one attached hydrogen (secondary N) is 1. The molecular weight excluding hydrogens is 795 g/mol. The molecule has 0 heterocycles. The van der Waals surface area contributed by atoms with Crippen LogP contribution >= 0.6 is 0 Å². The van der Waals surface area contributed by atoms with E-state index in [9.17, 15) is 15.0 Å². The highest BCUT2D eigenvalue weighted by Crippen LogP contribution is 2.17. The van der Waals surface area contributed by atoms with E-state index >= 15 is 0 Å². The van der Waals surface area contributed by atoms with Gasteiger partial charge in [0.2, 0.25) is 5.91 Å². The lowest BCUT2D eigenvalue weighted by Gasteiger charge is -2.19. The molecule has 4 heteroatoms. The Kier molecular flexibility index (Phi) is 55.2. The highest BCUT2D eigenvalue weighted by atomic mass is 16.3. The van der Waals surface area contributed by atoms with E-state index in [0.29, 0.717) is 6.42 Å². The molecule has 0 spiro atoms. The van der Waals surface area contributed by atoms with Crippen molar-refractivity contribution >= 4 is 5.91 Å². The molecule has 0 radical (unpaired) electrons. The van der Waals surface area contributed by atoms with Gasteiger partial charge in [-0.05, 0) is 70.6 Å². The number of amides is 1. The third-order valence-corrected chi connectivity index (χ3v) is 13.5. The highest BCUT2D eigenvalue weighted by Gasteiger charge is 2.18. The second-order valence-corrected chi connectivity index (χ2v) is 20.0. The quantitative estimate of drug-likeness (QED) is 0.0421. The van der Waals surface area contributed by atoms with E-state index in [1.165, 1.54) is 257 Å². The number of hydrogen-bond acceptors (Lipinski definition) is 3. The van der Waals surface area contributed by atoms with Crippen molar-refractivity contribution in [2.24, 2.45) is 0 Å². The van der Waals surface area contributed by atoms with Gasteiger partial charge in [0.05, 0.1) is 18.8 Å². The third kappa shape index (κ3) is 53.2. The van der Waals surface area contributed by atoms with Crippen molar-refractivity contribution in [2.75, 3.05) is 6.61 Å². The zero-order chi connectivity index (χ0) is 47.0. The van der Waals surface area contributed by atoms with Crippen molar-refractivity contribution in [3.63, 3.8) is 0 Å². The molecule has 0 bridgehead atoms. The molecule has 2 unspecified atom stereocenters. The van der Waals surface area contributed by atoms with E-state index in [1.54, 1.807) is 6.08 Å². The summed E-state index contributed by atoms with van der Waals surface area (Å²) in [4.78, 5) is 12.5. The molecule has 4 nitrogen and oxygen atoms in total. The van der Waals surface area contributed by atoms with Crippen LogP contribution in [0.15, 0.2) is 48.6 Å². The van der Waals surface area contributed by atoms with Crippen LogP contribution in [0.2, 0.25) is 0 Å². The van der Waals surface area contributed by atoms with E-state index in [0.717, 1.165) is 38.5 Å². The fourth-order valence-electron chi connectivity index (χ4n) is 9.03. The maximum absolute atomic E-state index is 12.5. The predicted octanol–water partition coefficient (Wildman–Crippen LogP) is 19.4. The van der Waals surface area contributed by atoms with Crippen LogP contribution < -0.4 is 5.32 Å². The van der Waals surface area contributed by atoms with Crippen LogP contribution in [0.5, 0.6) is 0 Å². The van der Waals surface area contributed by atoms with E-state index in [4.69, 9.17) is 0 Å². The molecule has 1 amide bonds. The molecule has 65 heavy (non-hydrogen) atoms. The molecule has 2 atom stereocenters. The number of rotatable bonds is 54. The lowest BCUT2D eigenvalue weighted by molar-refractivity contribution is -0.123. The van der Waals surface area contributed by atoms with Crippen molar-refractivity contribution in [1.29, 1.82) is 0 Å². The fraction of sp³-hybridized carbons (Fsp3) is 0.852. The van der Waals surface area contributed by atoms with Crippen LogP contribution in [0.3, 0.4) is 0 Å². The standard InChI is InChI=1S/C61H115NO3/c1-3-5-7-9-11-13-15-17-19-21-23-25-27-28-29-30-31-32-33-35-37-39-41-43-45-47-49-51-53-55-57-61(65)62-59(58-63)60(64)56-54-52-50-48-46-44-42-40-38-36-34-26-24-22-20-18-16-14-12-10-8-6-4-2/h28-29,38,40,46,48,54,56,59-60,63-64H,3-27,30-37,39,41-45,47,49-53,55,57-58H2,1-2H3,(H,62,65)/b29-28-,40-38+,48-46+,56-54+. The number of unbranched alkanes of at least 4 members (excludes halogenated alkanes) is 41. The summed E-state index contributed by atoms with van der Waals surface area (Å²) >= 11 is 0. The number of carbonyl (C=O) groups excluding carboxylic acids is 1. The Morgan fingerprint density at radius 3 is 0.892 bits per heavy atom. The van der Waals surface area contributed by atoms with Crippen molar-refractivity contribution in [2.45, 2.75) is 328 Å². The maximum Gasteiger partial charge on any atom is 0.220 e. The van der Waals surface area contributed by atoms with Gasteiger partial charge in [0, 0.05) is 6.42 Å². The fourth-order valence-corrected chi connectivity index (χ4v) is 9.03. The summed E-state index contributed by atoms with van der Waals surface area (Å²) in [5.74, 6) is -0.0742. The summed E-state index contributed by atoms with van der Waals surface area (Å²) in [5, 5.41) is 23.2. The number of hydrogen-bond donors (Lipinski definition) is 3. The largest absolute Gasteiger partial charge is 0.394 e. The van der Waals surface area contributed by atoms with Crippen LogP contribution in [-0.4, -0.2) is 34.9 Å². The van der Waals surface area contributed by atoms with Crippen molar-refractivity contribution in [1.82, 2.24) is 5.32 Å². The number of allylic oxidation sites excluding steroid dienone is 7. The Morgan fingerprint density at radius 1 is 0.354 bits per heavy atom. The molecule has 0 aromatic carbocycles. The molecule has 0 saturated heterocycles. The first-order valence-electron chi connectivity index (χ1n) is 29.4. The van der Waals surface area contributed by atoms with Gasteiger partial charge >= 0.3 is 0 Å². The SMILES string of the molecule is CCCCCCCCCCCCCC/C=C\CCCCCCCCCCCCCCCCC(=O)NC(CO)C(O)/C=C/CC/C=C/CC/C=C/CCCCCCCCCCCCCCC. The first-order chi connectivity index (χ1) is 32.2. The molecule has 0 fully saturated rings. The molecule has 0 aromatic rings. The van der Waals surface area contributed by atoms with E-state index in [-0.39, 0.29) is 12.5 Å². The first-order valence-corrected chi connectivity index (χ1v) is 29.4. The zero-order valence-electron chi connectivity index (χ0n) is 44.0. The van der Waals surface area contributed by atoms with E-state index in [1.807, 2.05) is 6.08 Å². The first kappa shape index (κ1) is 63.4. The summed E-state index contributed by atoms with van der Waals surface area (Å²) in [6, 6.07) is -0.647. The van der Waals surface area contributed by atoms with Gasteiger partial charge in [-0.3, -0.25) is 4.79 Å². The summed E-state index contributed by atoms with van der Waals surface area (Å²) in [6.07, 6.45) is 78.6. The van der Waals surface area contributed by atoms with Gasteiger partial charge in [-0.1, -0.05) is 287 Å². The van der Waals surface area contributed by atoms with Crippen molar-refractivity contribution in [3.05, 3.63) is 48.6 Å². The summed E-state index contributed by atoms with van der Waals surface area (Å²) < 4.78 is 0. The average molecular weight is 911 g/mol. The summed E-state index contributed by atoms with van der Waals surface area (Å²) in [5.41, 5.74) is 0. The minimum absolute atomic E-state index is 0.0742. The average Bonchev–Trinajstić information content (AvgIpc) is 3.31. The maximum atomic E-state index is 12.5. The van der Waals surface area contributed by atoms with Gasteiger partial charge in [-0.2, -0.15) is 0 Å². The van der Waals surface area contributed by atoms with Gasteiger partial charge in [0.1, 0.15) is 0 Å². The van der Waals surface area contributed by atoms with Crippen LogP contribution in [0, 0.1) is 0 Å². The molecular formula is C61H115NO3. The minimum atomic E-state index is -0.871. The molecule has 0 aliphatic rings. The second kappa shape index (κ2) is 56.7. The van der Waals surface area contributed by atoms with Crippen LogP contribution in [-0.2, 0) is 4.79 Å². The monoisotopic (exact) mass is 910 g/mol. The lowest BCUT2D eigenvalue weighted by Crippen LogP contribution is -2.45. The van der Waals surface area contributed by atoms with Gasteiger partial charge < -0.3 is 15.5 Å². The summed E-state index contributed by atoms with van der Waals surface area (Å²) in [6.45, 7) is 4.33. The Bertz CT molecular complexity index is 1030. The van der Waals surface area contributed by atoms with Crippen LogP contribution in [0.4, 0.5) is 0 Å². The normalized spacial score (nSPS) is 13.1. The Hall–Kier alpha value is -1.65. The van der Waals surface area contributed by atoms with Gasteiger partial charge in [0.15, 0.2) is 0 Å². The Balaban J connectivity index is 3.52. The Labute approximate surface area is 407 Å². The number of carbonyl (C=O) groups is 1. The van der Waals surface area contributed by atoms with Crippen LogP contribution in [0.1, 0.15) is 316 Å². The smallest absolute Gasteiger partial charge is 0.220 e. The topological polar surface area (TPSA) is 69.6 Å². The summed E-state index contributed by atoms with van der Waals surface area (Å²) in [7, 11) is 0. The second-order valence-electron chi connectivity index (χ2n) is 20.0. The molecule has 382 valence electrons. The molecule has 0 aliphatic heterocycles. The zero-order valence-corrected chi connectivity index (χ0v) is 44.0. The lowest BCUT2D eigenvalue weighted by atomic mass is 10.0. The Morgan fingerprint density at radius 2 is 0.600 bits per heavy atom. The molecule has 0 saturated carbocycles. The van der Waals surface area contributed by atoms with Gasteiger partial charge in [0.25, 0.3) is 0 Å². The molecule has 0 rings (SSSR count). The van der Waals surface area contributed by atoms with Gasteiger partial charge in [-0.15, -0.1) is 0 Å². The molecule has 0 aliphatic carbocycles. The van der Waals surface area contributed by atoms with Crippen molar-refractivity contribution in [3.8, 4) is 0 Å². The number of aliphatic hydroxyl groups excluding tert-OH is 2. The minimum Gasteiger partial charge on any atom is -0.394 e. The van der Waals surface area contributed by atoms with Crippen LogP contribution in [0.25, 0.3) is 0 Å².